The fourth-order valence-corrected chi connectivity index (χ4v) is 4.51. The minimum absolute atomic E-state index is 0.0217. The first-order valence-electron chi connectivity index (χ1n) is 10.4. The Morgan fingerprint density at radius 3 is 2.21 bits per heavy atom. The SMILES string of the molecule is CCN(C(=N)c1ccccc1C)C1=N[C@](C)(CC)C(C)(CC)c2ccccc21. The summed E-state index contributed by atoms with van der Waals surface area (Å²) >= 11 is 0. The normalized spacial score (nSPS) is 23.7. The highest BCUT2D eigenvalue weighted by Gasteiger charge is 2.48. The van der Waals surface area contributed by atoms with Crippen LogP contribution in [-0.2, 0) is 5.41 Å². The Hall–Kier alpha value is -2.42. The van der Waals surface area contributed by atoms with Crippen LogP contribution in [0.2, 0.25) is 0 Å². The van der Waals surface area contributed by atoms with Gasteiger partial charge in [-0.05, 0) is 44.7 Å². The first-order chi connectivity index (χ1) is 13.3. The lowest BCUT2D eigenvalue weighted by Crippen LogP contribution is -2.52. The minimum Gasteiger partial charge on any atom is -0.311 e. The molecular weight excluding hydrogens is 342 g/mol. The quantitative estimate of drug-likeness (QED) is 0.521. The van der Waals surface area contributed by atoms with Crippen molar-refractivity contribution in [2.24, 2.45) is 4.99 Å². The largest absolute Gasteiger partial charge is 0.311 e. The van der Waals surface area contributed by atoms with Gasteiger partial charge in [0.25, 0.3) is 0 Å². The van der Waals surface area contributed by atoms with Gasteiger partial charge in [-0.3, -0.25) is 10.4 Å². The van der Waals surface area contributed by atoms with Crippen LogP contribution in [0.3, 0.4) is 0 Å². The van der Waals surface area contributed by atoms with Crippen LogP contribution in [-0.4, -0.2) is 28.7 Å². The van der Waals surface area contributed by atoms with Crippen molar-refractivity contribution >= 4 is 11.7 Å². The molecule has 3 heteroatoms. The molecule has 0 aromatic heterocycles. The zero-order chi connectivity index (χ0) is 20.5. The molecule has 148 valence electrons. The van der Waals surface area contributed by atoms with Gasteiger partial charge in [-0.15, -0.1) is 0 Å². The predicted octanol–water partition coefficient (Wildman–Crippen LogP) is 5.94. The Morgan fingerprint density at radius 2 is 1.61 bits per heavy atom. The number of aliphatic imine (C=N–C) groups is 1. The molecule has 0 aliphatic carbocycles. The lowest BCUT2D eigenvalue weighted by atomic mass is 9.62. The van der Waals surface area contributed by atoms with Crippen LogP contribution in [0.4, 0.5) is 0 Å². The second-order valence-corrected chi connectivity index (χ2v) is 8.20. The van der Waals surface area contributed by atoms with E-state index in [4.69, 9.17) is 10.4 Å². The molecule has 2 atom stereocenters. The monoisotopic (exact) mass is 375 g/mol. The first kappa shape index (κ1) is 20.3. The highest BCUT2D eigenvalue weighted by atomic mass is 15.2. The average Bonchev–Trinajstić information content (AvgIpc) is 2.72. The summed E-state index contributed by atoms with van der Waals surface area (Å²) in [5.41, 5.74) is 4.37. The summed E-state index contributed by atoms with van der Waals surface area (Å²) in [6, 6.07) is 16.8. The van der Waals surface area contributed by atoms with E-state index >= 15 is 0 Å². The van der Waals surface area contributed by atoms with Crippen molar-refractivity contribution < 1.29 is 0 Å². The van der Waals surface area contributed by atoms with E-state index in [1.165, 1.54) is 5.56 Å². The number of nitrogens with one attached hydrogen (secondary N) is 1. The van der Waals surface area contributed by atoms with Crippen LogP contribution >= 0.6 is 0 Å². The molecule has 0 saturated heterocycles. The third-order valence-corrected chi connectivity index (χ3v) is 6.94. The molecule has 1 heterocycles. The molecule has 3 nitrogen and oxygen atoms in total. The number of hydrogen-bond acceptors (Lipinski definition) is 2. The van der Waals surface area contributed by atoms with E-state index in [1.54, 1.807) is 0 Å². The fraction of sp³-hybridized carbons (Fsp3) is 0.440. The third kappa shape index (κ3) is 2.97. The van der Waals surface area contributed by atoms with Gasteiger partial charge in [0, 0.05) is 23.1 Å². The number of amidine groups is 2. The van der Waals surface area contributed by atoms with Gasteiger partial charge in [0.05, 0.1) is 5.54 Å². The zero-order valence-corrected chi connectivity index (χ0v) is 18.1. The molecule has 0 saturated carbocycles. The molecule has 1 aliphatic heterocycles. The minimum atomic E-state index is -0.204. The Labute approximate surface area is 170 Å². The highest BCUT2D eigenvalue weighted by Crippen LogP contribution is 2.47. The number of aryl methyl sites for hydroxylation is 1. The molecule has 2 aromatic carbocycles. The van der Waals surface area contributed by atoms with E-state index in [0.717, 1.165) is 35.4 Å². The summed E-state index contributed by atoms with van der Waals surface area (Å²) in [6.45, 7) is 14.0. The molecule has 28 heavy (non-hydrogen) atoms. The Bertz CT molecular complexity index is 914. The van der Waals surface area contributed by atoms with Crippen molar-refractivity contribution in [2.45, 2.75) is 65.3 Å². The molecule has 2 aromatic rings. The molecule has 3 rings (SSSR count). The van der Waals surface area contributed by atoms with Gasteiger partial charge < -0.3 is 4.90 Å². The summed E-state index contributed by atoms with van der Waals surface area (Å²) in [7, 11) is 0. The van der Waals surface area contributed by atoms with Gasteiger partial charge in [0.15, 0.2) is 0 Å². The van der Waals surface area contributed by atoms with E-state index in [-0.39, 0.29) is 11.0 Å². The smallest absolute Gasteiger partial charge is 0.137 e. The van der Waals surface area contributed by atoms with Crippen LogP contribution in [0.1, 0.15) is 69.7 Å². The number of nitrogens with zero attached hydrogens (tertiary/aromatic N) is 2. The second-order valence-electron chi connectivity index (χ2n) is 8.20. The molecule has 0 radical (unpaired) electrons. The van der Waals surface area contributed by atoms with E-state index in [0.29, 0.717) is 12.4 Å². The maximum Gasteiger partial charge on any atom is 0.137 e. The third-order valence-electron chi connectivity index (χ3n) is 6.94. The number of hydrogen-bond donors (Lipinski definition) is 1. The average molecular weight is 376 g/mol. The summed E-state index contributed by atoms with van der Waals surface area (Å²) in [4.78, 5) is 7.42. The Kier molecular flexibility index (Phi) is 5.47. The zero-order valence-electron chi connectivity index (χ0n) is 18.1. The van der Waals surface area contributed by atoms with Crippen molar-refractivity contribution in [1.29, 1.82) is 5.41 Å². The van der Waals surface area contributed by atoms with E-state index in [1.807, 2.05) is 18.2 Å². The van der Waals surface area contributed by atoms with E-state index in [9.17, 15) is 0 Å². The lowest BCUT2D eigenvalue weighted by Gasteiger charge is -2.49. The summed E-state index contributed by atoms with van der Waals surface area (Å²) in [6.07, 6.45) is 2.00. The Balaban J connectivity index is 2.20. The van der Waals surface area contributed by atoms with Gasteiger partial charge in [-0.25, -0.2) is 0 Å². The van der Waals surface area contributed by atoms with Gasteiger partial charge in [-0.1, -0.05) is 69.3 Å². The molecule has 0 bridgehead atoms. The molecule has 1 unspecified atom stereocenters. The van der Waals surface area contributed by atoms with Crippen LogP contribution in [0.15, 0.2) is 53.5 Å². The predicted molar refractivity (Wildman–Crippen MR) is 120 cm³/mol. The summed E-state index contributed by atoms with van der Waals surface area (Å²) < 4.78 is 0. The molecule has 1 aliphatic rings. The standard InChI is InChI=1S/C25H33N3/c1-7-24(5)21-17-13-12-16-20(21)23(27-25(24,6)8-2)28(9-3)22(26)19-15-11-10-14-18(19)4/h10-17,26H,7-9H2,1-6H3/t24?,25-/m1/s1. The van der Waals surface area contributed by atoms with Crippen LogP contribution < -0.4 is 0 Å². The number of rotatable bonds is 4. The van der Waals surface area contributed by atoms with E-state index in [2.05, 4.69) is 76.8 Å². The first-order valence-corrected chi connectivity index (χ1v) is 10.4. The Morgan fingerprint density at radius 1 is 0.964 bits per heavy atom. The molecule has 0 amide bonds. The van der Waals surface area contributed by atoms with Gasteiger partial charge in [-0.2, -0.15) is 0 Å². The lowest BCUT2D eigenvalue weighted by molar-refractivity contribution is 0.234. The topological polar surface area (TPSA) is 39.5 Å². The van der Waals surface area contributed by atoms with Crippen LogP contribution in [0.5, 0.6) is 0 Å². The fourth-order valence-electron chi connectivity index (χ4n) is 4.51. The van der Waals surface area contributed by atoms with Crippen molar-refractivity contribution in [3.8, 4) is 0 Å². The van der Waals surface area contributed by atoms with Crippen molar-refractivity contribution in [3.05, 3.63) is 70.8 Å². The number of benzene rings is 2. The molecular formula is C25H33N3. The van der Waals surface area contributed by atoms with Gasteiger partial charge >= 0.3 is 0 Å². The van der Waals surface area contributed by atoms with Crippen molar-refractivity contribution in [2.75, 3.05) is 6.54 Å². The second kappa shape index (κ2) is 7.54. The van der Waals surface area contributed by atoms with Crippen LogP contribution in [0, 0.1) is 12.3 Å². The number of fused-ring (bicyclic) bond motifs is 1. The molecule has 0 fully saturated rings. The molecule has 0 spiro atoms. The van der Waals surface area contributed by atoms with Crippen LogP contribution in [0.25, 0.3) is 0 Å². The van der Waals surface area contributed by atoms with Gasteiger partial charge in [0.1, 0.15) is 11.7 Å². The maximum absolute atomic E-state index is 8.98. The maximum atomic E-state index is 8.98. The highest BCUT2D eigenvalue weighted by molar-refractivity contribution is 6.15. The van der Waals surface area contributed by atoms with E-state index < -0.39 is 0 Å². The van der Waals surface area contributed by atoms with Crippen molar-refractivity contribution in [1.82, 2.24) is 4.90 Å². The van der Waals surface area contributed by atoms with Crippen molar-refractivity contribution in [3.63, 3.8) is 0 Å². The van der Waals surface area contributed by atoms with Gasteiger partial charge in [0.2, 0.25) is 0 Å². The molecule has 1 N–H and O–H groups in total. The summed E-state index contributed by atoms with van der Waals surface area (Å²) in [5, 5.41) is 8.98. The summed E-state index contributed by atoms with van der Waals surface area (Å²) in [5.74, 6) is 1.45.